The molecule has 2 rings (SSSR count). The number of hydrogen-bond acceptors (Lipinski definition) is 7. The maximum absolute atomic E-state index is 11.1. The van der Waals surface area contributed by atoms with Crippen molar-refractivity contribution >= 4 is 33.3 Å². The number of fused-ring (bicyclic) bond motifs is 1. The first-order valence-corrected chi connectivity index (χ1v) is 6.86. The van der Waals surface area contributed by atoms with Gasteiger partial charge in [0.25, 0.3) is 0 Å². The normalized spacial score (nSPS) is 10.9. The number of ether oxygens (including phenoxy) is 1. The predicted molar refractivity (Wildman–Crippen MR) is 75.5 cm³/mol. The van der Waals surface area contributed by atoms with Gasteiger partial charge < -0.3 is 20.3 Å². The van der Waals surface area contributed by atoms with Crippen LogP contribution in [0.25, 0.3) is 10.2 Å². The highest BCUT2D eigenvalue weighted by Gasteiger charge is 2.18. The number of aliphatic hydroxyl groups is 1. The lowest BCUT2D eigenvalue weighted by atomic mass is 10.2. The average molecular weight is 297 g/mol. The van der Waals surface area contributed by atoms with E-state index in [1.807, 2.05) is 0 Å². The van der Waals surface area contributed by atoms with E-state index in [1.165, 1.54) is 6.33 Å². The summed E-state index contributed by atoms with van der Waals surface area (Å²) in [6, 6.07) is 0. The van der Waals surface area contributed by atoms with Crippen LogP contribution in [0.4, 0.5) is 5.82 Å². The Labute approximate surface area is 119 Å². The van der Waals surface area contributed by atoms with Crippen molar-refractivity contribution < 1.29 is 19.7 Å². The van der Waals surface area contributed by atoms with Crippen LogP contribution in [0.3, 0.4) is 0 Å². The number of anilines is 1. The van der Waals surface area contributed by atoms with Crippen molar-refractivity contribution in [3.8, 4) is 0 Å². The fraction of sp³-hybridized carbons (Fsp3) is 0.417. The number of nitrogens with zero attached hydrogens (tertiary/aromatic N) is 2. The van der Waals surface area contributed by atoms with Crippen LogP contribution in [-0.2, 0) is 4.74 Å². The van der Waals surface area contributed by atoms with E-state index in [0.717, 1.165) is 16.7 Å². The Hall–Kier alpha value is -1.77. The summed E-state index contributed by atoms with van der Waals surface area (Å²) in [4.78, 5) is 20.3. The van der Waals surface area contributed by atoms with Crippen LogP contribution in [0.15, 0.2) is 6.33 Å². The van der Waals surface area contributed by atoms with Gasteiger partial charge in [0.15, 0.2) is 0 Å². The van der Waals surface area contributed by atoms with Gasteiger partial charge in [-0.15, -0.1) is 11.3 Å². The smallest absolute Gasteiger partial charge is 0.346 e. The minimum Gasteiger partial charge on any atom is -0.477 e. The topological polar surface area (TPSA) is 105 Å². The minimum absolute atomic E-state index is 0.0106. The number of carbonyl (C=O) groups is 1. The highest BCUT2D eigenvalue weighted by Crippen LogP contribution is 2.32. The molecule has 0 fully saturated rings. The third-order valence-electron chi connectivity index (χ3n) is 2.70. The lowest BCUT2D eigenvalue weighted by Gasteiger charge is -2.07. The molecule has 0 aliphatic rings. The summed E-state index contributed by atoms with van der Waals surface area (Å²) in [5, 5.41) is 21.6. The summed E-state index contributed by atoms with van der Waals surface area (Å²) < 4.78 is 5.14. The Morgan fingerprint density at radius 3 is 2.95 bits per heavy atom. The van der Waals surface area contributed by atoms with E-state index >= 15 is 0 Å². The minimum atomic E-state index is -0.956. The summed E-state index contributed by atoms with van der Waals surface area (Å²) in [7, 11) is 0. The number of aromatic carboxylic acids is 1. The Kier molecular flexibility index (Phi) is 4.83. The molecule has 0 radical (unpaired) electrons. The number of aromatic nitrogens is 2. The number of carboxylic acids is 1. The predicted octanol–water partition coefficient (Wildman–Crippen LogP) is 1.12. The van der Waals surface area contributed by atoms with Crippen molar-refractivity contribution in [2.45, 2.75) is 6.92 Å². The summed E-state index contributed by atoms with van der Waals surface area (Å²) in [6.45, 7) is 2.98. The maximum Gasteiger partial charge on any atom is 0.346 e. The Morgan fingerprint density at radius 2 is 2.25 bits per heavy atom. The second-order valence-electron chi connectivity index (χ2n) is 4.03. The molecule has 2 heterocycles. The fourth-order valence-corrected chi connectivity index (χ4v) is 2.81. The molecular formula is C12H15N3O4S. The van der Waals surface area contributed by atoms with Gasteiger partial charge in [0, 0.05) is 6.54 Å². The molecule has 0 amide bonds. The fourth-order valence-electron chi connectivity index (χ4n) is 1.82. The third-order valence-corrected chi connectivity index (χ3v) is 3.88. The molecular weight excluding hydrogens is 282 g/mol. The second kappa shape index (κ2) is 6.60. The number of nitrogens with one attached hydrogen (secondary N) is 1. The van der Waals surface area contributed by atoms with Crippen LogP contribution in [0.2, 0.25) is 0 Å². The van der Waals surface area contributed by atoms with Crippen LogP contribution in [-0.4, -0.2) is 52.5 Å². The number of hydrogen-bond donors (Lipinski definition) is 3. The zero-order chi connectivity index (χ0) is 14.5. The molecule has 2 aromatic heterocycles. The Bertz CT molecular complexity index is 614. The van der Waals surface area contributed by atoms with Gasteiger partial charge >= 0.3 is 5.97 Å². The molecule has 3 N–H and O–H groups in total. The second-order valence-corrected chi connectivity index (χ2v) is 5.03. The van der Waals surface area contributed by atoms with Gasteiger partial charge in [-0.05, 0) is 12.5 Å². The SMILES string of the molecule is Cc1c(C(=O)O)sc2ncnc(NCCOCCO)c12. The van der Waals surface area contributed by atoms with Crippen LogP contribution >= 0.6 is 11.3 Å². The zero-order valence-electron chi connectivity index (χ0n) is 10.9. The van der Waals surface area contributed by atoms with Crippen molar-refractivity contribution in [1.29, 1.82) is 0 Å². The molecule has 0 saturated heterocycles. The molecule has 7 nitrogen and oxygen atoms in total. The van der Waals surface area contributed by atoms with E-state index in [9.17, 15) is 4.79 Å². The van der Waals surface area contributed by atoms with E-state index in [-0.39, 0.29) is 11.5 Å². The van der Waals surface area contributed by atoms with E-state index < -0.39 is 5.97 Å². The van der Waals surface area contributed by atoms with Gasteiger partial charge in [0.05, 0.1) is 25.2 Å². The van der Waals surface area contributed by atoms with E-state index in [2.05, 4.69) is 15.3 Å². The summed E-state index contributed by atoms with van der Waals surface area (Å²) in [6.07, 6.45) is 1.40. The zero-order valence-corrected chi connectivity index (χ0v) is 11.7. The lowest BCUT2D eigenvalue weighted by molar-refractivity contribution is 0.0701. The first kappa shape index (κ1) is 14.6. The number of thiophene rings is 1. The van der Waals surface area contributed by atoms with Crippen molar-refractivity contribution in [2.24, 2.45) is 0 Å². The van der Waals surface area contributed by atoms with E-state index in [0.29, 0.717) is 36.0 Å². The van der Waals surface area contributed by atoms with Crippen LogP contribution in [0, 0.1) is 6.92 Å². The Balaban J connectivity index is 2.19. The number of rotatable bonds is 7. The quantitative estimate of drug-likeness (QED) is 0.658. The molecule has 0 aromatic carbocycles. The molecule has 108 valence electrons. The van der Waals surface area contributed by atoms with E-state index in [1.54, 1.807) is 6.92 Å². The van der Waals surface area contributed by atoms with Crippen molar-refractivity contribution in [3.63, 3.8) is 0 Å². The van der Waals surface area contributed by atoms with Crippen molar-refractivity contribution in [2.75, 3.05) is 31.7 Å². The van der Waals surface area contributed by atoms with Crippen LogP contribution < -0.4 is 5.32 Å². The molecule has 0 bridgehead atoms. The van der Waals surface area contributed by atoms with Crippen molar-refractivity contribution in [3.05, 3.63) is 16.8 Å². The van der Waals surface area contributed by atoms with Crippen LogP contribution in [0.5, 0.6) is 0 Å². The standard InChI is InChI=1S/C12H15N3O4S/c1-7-8-10(13-2-4-19-5-3-16)14-6-15-11(8)20-9(7)12(17)18/h6,16H,2-5H2,1H3,(H,17,18)(H,13,14,15). The van der Waals surface area contributed by atoms with Crippen LogP contribution in [0.1, 0.15) is 15.2 Å². The van der Waals surface area contributed by atoms with Gasteiger partial charge in [0.2, 0.25) is 0 Å². The number of carboxylic acid groups (broad SMARTS) is 1. The molecule has 2 aromatic rings. The first-order chi connectivity index (χ1) is 9.65. The summed E-state index contributed by atoms with van der Waals surface area (Å²) >= 11 is 1.14. The summed E-state index contributed by atoms with van der Waals surface area (Å²) in [5.74, 6) is -0.355. The van der Waals surface area contributed by atoms with E-state index in [4.69, 9.17) is 14.9 Å². The molecule has 0 spiro atoms. The lowest BCUT2D eigenvalue weighted by Crippen LogP contribution is -2.12. The highest BCUT2D eigenvalue weighted by atomic mass is 32.1. The van der Waals surface area contributed by atoms with Gasteiger partial charge in [0.1, 0.15) is 21.9 Å². The van der Waals surface area contributed by atoms with Gasteiger partial charge in [-0.1, -0.05) is 0 Å². The van der Waals surface area contributed by atoms with Gasteiger partial charge in [-0.2, -0.15) is 0 Å². The number of aliphatic hydroxyl groups excluding tert-OH is 1. The first-order valence-electron chi connectivity index (χ1n) is 6.05. The molecule has 0 aliphatic heterocycles. The molecule has 20 heavy (non-hydrogen) atoms. The third kappa shape index (κ3) is 3.03. The molecule has 0 aliphatic carbocycles. The van der Waals surface area contributed by atoms with Gasteiger partial charge in [-0.25, -0.2) is 14.8 Å². The Morgan fingerprint density at radius 1 is 1.45 bits per heavy atom. The molecule has 0 saturated carbocycles. The number of aryl methyl sites for hydroxylation is 1. The molecule has 0 unspecified atom stereocenters. The molecule has 8 heteroatoms. The monoisotopic (exact) mass is 297 g/mol. The maximum atomic E-state index is 11.1. The average Bonchev–Trinajstić information content (AvgIpc) is 2.77. The van der Waals surface area contributed by atoms with Crippen molar-refractivity contribution in [1.82, 2.24) is 9.97 Å². The van der Waals surface area contributed by atoms with Gasteiger partial charge in [-0.3, -0.25) is 0 Å². The summed E-state index contributed by atoms with van der Waals surface area (Å²) in [5.41, 5.74) is 0.664. The highest BCUT2D eigenvalue weighted by molar-refractivity contribution is 7.20. The molecule has 0 atom stereocenters. The largest absolute Gasteiger partial charge is 0.477 e.